The predicted octanol–water partition coefficient (Wildman–Crippen LogP) is 5.36. The summed E-state index contributed by atoms with van der Waals surface area (Å²) in [6.45, 7) is 2.25. The molecule has 6 aromatic rings. The Morgan fingerprint density at radius 3 is 1.27 bits per heavy atom. The minimum absolute atomic E-state index is 0. The van der Waals surface area contributed by atoms with E-state index in [4.69, 9.17) is 0 Å². The van der Waals surface area contributed by atoms with Crippen LogP contribution in [0.15, 0.2) is 84.9 Å². The molecule has 0 aromatic heterocycles. The van der Waals surface area contributed by atoms with Crippen molar-refractivity contribution in [1.29, 1.82) is 0 Å². The van der Waals surface area contributed by atoms with Gasteiger partial charge >= 0.3 is 0 Å². The molecule has 0 fully saturated rings. The highest BCUT2D eigenvalue weighted by Crippen LogP contribution is 2.37. The molecule has 0 saturated carbocycles. The van der Waals surface area contributed by atoms with E-state index in [2.05, 4.69) is 10.6 Å². The van der Waals surface area contributed by atoms with Crippen molar-refractivity contribution in [2.45, 2.75) is 0 Å². The van der Waals surface area contributed by atoms with Crippen molar-refractivity contribution in [2.24, 2.45) is 0 Å². The molecule has 2 heterocycles. The van der Waals surface area contributed by atoms with E-state index in [1.165, 1.54) is 9.80 Å². The molecule has 6 aromatic carbocycles. The predicted molar refractivity (Wildman–Crippen MR) is 193 cm³/mol. The third-order valence-electron chi connectivity index (χ3n) is 9.34. The van der Waals surface area contributed by atoms with Crippen LogP contribution >= 0.6 is 17.0 Å². The van der Waals surface area contributed by atoms with Gasteiger partial charge in [-0.05, 0) is 68.7 Å². The van der Waals surface area contributed by atoms with Crippen molar-refractivity contribution in [3.05, 3.63) is 107 Å². The first-order chi connectivity index (χ1) is 23.3. The second kappa shape index (κ2) is 12.6. The number of aromatic hydroxyl groups is 2. The average Bonchev–Trinajstić information content (AvgIpc) is 3.48. The average molecular weight is 720 g/mol. The highest BCUT2D eigenvalue weighted by molar-refractivity contribution is 8.93. The van der Waals surface area contributed by atoms with Gasteiger partial charge in [0.1, 0.15) is 11.5 Å². The van der Waals surface area contributed by atoms with Crippen molar-refractivity contribution in [3.63, 3.8) is 0 Å². The van der Waals surface area contributed by atoms with Crippen molar-refractivity contribution in [3.8, 4) is 11.5 Å². The summed E-state index contributed by atoms with van der Waals surface area (Å²) in [4.78, 5) is 55.9. The summed E-state index contributed by atoms with van der Waals surface area (Å²) in [5.74, 6) is -1.20. The molecule has 4 N–H and O–H groups in total. The molecule has 11 heteroatoms. The van der Waals surface area contributed by atoms with E-state index < -0.39 is 0 Å². The normalized spacial score (nSPS) is 14.0. The summed E-state index contributed by atoms with van der Waals surface area (Å²) in [7, 11) is 0. The Labute approximate surface area is 290 Å². The first-order valence-corrected chi connectivity index (χ1v) is 15.8. The van der Waals surface area contributed by atoms with Gasteiger partial charge in [0.2, 0.25) is 0 Å². The molecule has 49 heavy (non-hydrogen) atoms. The highest BCUT2D eigenvalue weighted by Gasteiger charge is 2.38. The number of carbonyl (C=O) groups excluding carboxylic acids is 4. The monoisotopic (exact) mass is 718 g/mol. The quantitative estimate of drug-likeness (QED) is 0.0891. The maximum Gasteiger partial charge on any atom is 0.262 e. The van der Waals surface area contributed by atoms with E-state index in [1.807, 2.05) is 36.4 Å². The molecular weight excluding hydrogens is 688 g/mol. The van der Waals surface area contributed by atoms with Gasteiger partial charge in [0.05, 0.1) is 22.3 Å². The fraction of sp³-hybridized carbons (Fsp3) is 0.158. The fourth-order valence-electron chi connectivity index (χ4n) is 7.03. The van der Waals surface area contributed by atoms with Gasteiger partial charge in [0.25, 0.3) is 23.6 Å². The number of carbonyl (C=O) groups is 4. The Hall–Kier alpha value is -5.36. The van der Waals surface area contributed by atoms with Crippen molar-refractivity contribution in [1.82, 2.24) is 20.4 Å². The van der Waals surface area contributed by atoms with Crippen LogP contribution in [0, 0.1) is 0 Å². The molecular formula is C38H31BrN4O6. The van der Waals surface area contributed by atoms with E-state index >= 15 is 0 Å². The zero-order valence-corrected chi connectivity index (χ0v) is 27.9. The van der Waals surface area contributed by atoms with E-state index in [0.717, 1.165) is 32.3 Å². The lowest BCUT2D eigenvalue weighted by atomic mass is 9.95. The zero-order chi connectivity index (χ0) is 33.1. The van der Waals surface area contributed by atoms with Crippen LogP contribution in [0.2, 0.25) is 0 Å². The SMILES string of the molecule is Br.O=C1c2ccc3ccc4ccc(O)cc4c3c2C(=O)N1CCNCCNCCN1C(=O)c2ccc3ccc4ccc(O)cc4c3c2C1=O. The van der Waals surface area contributed by atoms with Crippen LogP contribution in [0.1, 0.15) is 41.4 Å². The number of nitrogens with zero attached hydrogens (tertiary/aromatic N) is 2. The van der Waals surface area contributed by atoms with Crippen molar-refractivity contribution >= 4 is 83.7 Å². The molecule has 0 bridgehead atoms. The van der Waals surface area contributed by atoms with Gasteiger partial charge in [0.15, 0.2) is 0 Å². The first kappa shape index (κ1) is 32.2. The molecule has 0 unspecified atom stereocenters. The van der Waals surface area contributed by atoms with Crippen LogP contribution < -0.4 is 10.6 Å². The number of rotatable bonds is 9. The lowest BCUT2D eigenvalue weighted by Crippen LogP contribution is -2.40. The smallest absolute Gasteiger partial charge is 0.262 e. The van der Waals surface area contributed by atoms with Gasteiger partial charge in [-0.3, -0.25) is 29.0 Å². The largest absolute Gasteiger partial charge is 0.508 e. The lowest BCUT2D eigenvalue weighted by Gasteiger charge is -2.16. The highest BCUT2D eigenvalue weighted by atomic mass is 79.9. The van der Waals surface area contributed by atoms with Gasteiger partial charge in [-0.25, -0.2) is 0 Å². The minimum atomic E-state index is -0.352. The summed E-state index contributed by atoms with van der Waals surface area (Å²) < 4.78 is 0. The van der Waals surface area contributed by atoms with Crippen LogP contribution in [0.4, 0.5) is 0 Å². The third kappa shape index (κ3) is 5.27. The number of hydrogen-bond acceptors (Lipinski definition) is 8. The molecule has 0 aliphatic carbocycles. The molecule has 2 aliphatic heterocycles. The number of nitrogens with one attached hydrogen (secondary N) is 2. The van der Waals surface area contributed by atoms with Crippen molar-refractivity contribution in [2.75, 3.05) is 39.3 Å². The maximum absolute atomic E-state index is 13.5. The first-order valence-electron chi connectivity index (χ1n) is 15.8. The van der Waals surface area contributed by atoms with Crippen LogP contribution in [0.3, 0.4) is 0 Å². The number of imide groups is 2. The second-order valence-electron chi connectivity index (χ2n) is 12.1. The van der Waals surface area contributed by atoms with E-state index in [-0.39, 0.29) is 65.2 Å². The number of amides is 4. The Balaban J connectivity index is 0.00000378. The number of hydrogen-bond donors (Lipinski definition) is 4. The Morgan fingerprint density at radius 2 is 0.837 bits per heavy atom. The van der Waals surface area contributed by atoms with Gasteiger partial charge in [0, 0.05) is 50.0 Å². The Morgan fingerprint density at radius 1 is 0.469 bits per heavy atom. The molecule has 0 spiro atoms. The Bertz CT molecular complexity index is 2230. The molecule has 4 amide bonds. The maximum atomic E-state index is 13.5. The number of fused-ring (bicyclic) bond motifs is 10. The fourth-order valence-corrected chi connectivity index (χ4v) is 7.03. The van der Waals surface area contributed by atoms with E-state index in [0.29, 0.717) is 59.2 Å². The molecule has 246 valence electrons. The van der Waals surface area contributed by atoms with Crippen LogP contribution in [-0.4, -0.2) is 82.9 Å². The Kier molecular flexibility index (Phi) is 8.27. The van der Waals surface area contributed by atoms with Crippen LogP contribution in [0.25, 0.3) is 43.1 Å². The van der Waals surface area contributed by atoms with E-state index in [9.17, 15) is 29.4 Å². The summed E-state index contributed by atoms with van der Waals surface area (Å²) in [5.41, 5.74) is 1.45. The molecule has 0 saturated heterocycles. The number of benzene rings is 6. The standard InChI is InChI=1S/C38H30N4O6.BrH/c43-25-9-5-21-1-3-23-7-11-27-33(31(23)29(21)19-25)37(47)41(35(27)45)17-15-39-13-14-40-16-18-42-36(46)28-12-8-24-4-2-22-6-10-26(44)20-30(22)32(24)34(28)38(42)48;/h1-12,19-20,39-40,43-44H,13-18H2;1H. The number of halogens is 1. The third-order valence-corrected chi connectivity index (χ3v) is 9.34. The van der Waals surface area contributed by atoms with Crippen molar-refractivity contribution < 1.29 is 29.4 Å². The van der Waals surface area contributed by atoms with Crippen LogP contribution in [0.5, 0.6) is 11.5 Å². The summed E-state index contributed by atoms with van der Waals surface area (Å²) >= 11 is 0. The second-order valence-corrected chi connectivity index (χ2v) is 12.1. The van der Waals surface area contributed by atoms with Crippen LogP contribution in [-0.2, 0) is 0 Å². The molecule has 0 atom stereocenters. The molecule has 8 rings (SSSR count). The number of phenols is 2. The van der Waals surface area contributed by atoms with Gasteiger partial charge < -0.3 is 20.8 Å². The minimum Gasteiger partial charge on any atom is -0.508 e. The van der Waals surface area contributed by atoms with Gasteiger partial charge in [-0.1, -0.05) is 48.5 Å². The molecule has 0 radical (unpaired) electrons. The summed E-state index contributed by atoms with van der Waals surface area (Å²) in [6.07, 6.45) is 0. The topological polar surface area (TPSA) is 139 Å². The lowest BCUT2D eigenvalue weighted by molar-refractivity contribution is 0.0639. The zero-order valence-electron chi connectivity index (χ0n) is 26.2. The van der Waals surface area contributed by atoms with E-state index in [1.54, 1.807) is 48.5 Å². The number of phenolic OH excluding ortho intramolecular Hbond substituents is 2. The van der Waals surface area contributed by atoms with Gasteiger partial charge in [-0.15, -0.1) is 17.0 Å². The molecule has 10 nitrogen and oxygen atoms in total. The van der Waals surface area contributed by atoms with Gasteiger partial charge in [-0.2, -0.15) is 0 Å². The summed E-state index contributed by atoms with van der Waals surface area (Å²) in [5, 5.41) is 32.9. The molecule has 2 aliphatic rings. The summed E-state index contributed by atoms with van der Waals surface area (Å²) in [6, 6.07) is 24.7.